The highest BCUT2D eigenvalue weighted by molar-refractivity contribution is 5.86. The van der Waals surface area contributed by atoms with Crippen LogP contribution >= 0.6 is 0 Å². The van der Waals surface area contributed by atoms with Gasteiger partial charge in [0.25, 0.3) is 0 Å². The van der Waals surface area contributed by atoms with Crippen LogP contribution in [0.4, 0.5) is 0 Å². The van der Waals surface area contributed by atoms with Gasteiger partial charge in [0.1, 0.15) is 6.04 Å². The fraction of sp³-hybridized carbons (Fsp3) is 0.267. The number of carboxylic acids is 1. The van der Waals surface area contributed by atoms with Crippen LogP contribution < -0.4 is 0 Å². The first kappa shape index (κ1) is 12.6. The molecule has 0 fully saturated rings. The van der Waals surface area contributed by atoms with E-state index < -0.39 is 12.0 Å². The molecule has 2 aromatic rings. The van der Waals surface area contributed by atoms with Crippen molar-refractivity contribution in [2.45, 2.75) is 12.5 Å². The van der Waals surface area contributed by atoms with Crippen molar-refractivity contribution in [3.8, 4) is 0 Å². The van der Waals surface area contributed by atoms with Crippen LogP contribution in [0.2, 0.25) is 0 Å². The minimum Gasteiger partial charge on any atom is -0.480 e. The maximum Gasteiger partial charge on any atom is 0.321 e. The standard InChI is InChI=1S/C15H17NO2/c1-16(2)14(15(17)18)10-12-8-5-7-11-6-3-4-9-13(11)12/h3-9,14H,10H2,1-2H3,(H,17,18). The third-order valence-corrected chi connectivity index (χ3v) is 3.20. The number of fused-ring (bicyclic) bond motifs is 1. The molecule has 1 unspecified atom stereocenters. The van der Waals surface area contributed by atoms with Crippen LogP contribution in [0.5, 0.6) is 0 Å². The maximum atomic E-state index is 11.2. The summed E-state index contributed by atoms with van der Waals surface area (Å²) in [6.45, 7) is 0. The summed E-state index contributed by atoms with van der Waals surface area (Å²) in [5.74, 6) is -0.784. The van der Waals surface area contributed by atoms with Gasteiger partial charge in [-0.2, -0.15) is 0 Å². The molecule has 18 heavy (non-hydrogen) atoms. The summed E-state index contributed by atoms with van der Waals surface area (Å²) in [7, 11) is 3.59. The van der Waals surface area contributed by atoms with Gasteiger partial charge in [-0.15, -0.1) is 0 Å². The Morgan fingerprint density at radius 2 is 1.83 bits per heavy atom. The van der Waals surface area contributed by atoms with Crippen molar-refractivity contribution < 1.29 is 9.90 Å². The summed E-state index contributed by atoms with van der Waals surface area (Å²) in [5.41, 5.74) is 1.08. The lowest BCUT2D eigenvalue weighted by Crippen LogP contribution is -2.37. The Morgan fingerprint density at radius 3 is 2.50 bits per heavy atom. The quantitative estimate of drug-likeness (QED) is 0.896. The molecular weight excluding hydrogens is 226 g/mol. The Hall–Kier alpha value is -1.87. The van der Waals surface area contributed by atoms with E-state index in [0.29, 0.717) is 6.42 Å². The van der Waals surface area contributed by atoms with E-state index in [1.807, 2.05) is 42.5 Å². The average molecular weight is 243 g/mol. The minimum absolute atomic E-state index is 0.490. The summed E-state index contributed by atoms with van der Waals surface area (Å²) in [6.07, 6.45) is 0.518. The first-order valence-corrected chi connectivity index (χ1v) is 5.95. The first-order chi connectivity index (χ1) is 8.59. The topological polar surface area (TPSA) is 40.5 Å². The Balaban J connectivity index is 2.39. The lowest BCUT2D eigenvalue weighted by atomic mass is 9.98. The van der Waals surface area contributed by atoms with Gasteiger partial charge in [0, 0.05) is 0 Å². The maximum absolute atomic E-state index is 11.2. The van der Waals surface area contributed by atoms with Crippen LogP contribution in [-0.2, 0) is 11.2 Å². The van der Waals surface area contributed by atoms with Crippen LogP contribution in [0.25, 0.3) is 10.8 Å². The van der Waals surface area contributed by atoms with Gasteiger partial charge in [0.15, 0.2) is 0 Å². The van der Waals surface area contributed by atoms with E-state index in [1.54, 1.807) is 19.0 Å². The first-order valence-electron chi connectivity index (χ1n) is 5.95. The zero-order valence-electron chi connectivity index (χ0n) is 10.6. The second kappa shape index (κ2) is 5.19. The molecule has 1 N–H and O–H groups in total. The third-order valence-electron chi connectivity index (χ3n) is 3.20. The highest BCUT2D eigenvalue weighted by atomic mass is 16.4. The van der Waals surface area contributed by atoms with Crippen LogP contribution in [0.3, 0.4) is 0 Å². The normalized spacial score (nSPS) is 12.8. The lowest BCUT2D eigenvalue weighted by Gasteiger charge is -2.20. The van der Waals surface area contributed by atoms with Crippen molar-refractivity contribution in [1.29, 1.82) is 0 Å². The Morgan fingerprint density at radius 1 is 1.17 bits per heavy atom. The molecule has 0 spiro atoms. The molecule has 2 aromatic carbocycles. The van der Waals surface area contributed by atoms with E-state index in [9.17, 15) is 9.90 Å². The molecule has 3 nitrogen and oxygen atoms in total. The summed E-state index contributed by atoms with van der Waals surface area (Å²) >= 11 is 0. The average Bonchev–Trinajstić information content (AvgIpc) is 2.35. The predicted octanol–water partition coefficient (Wildman–Crippen LogP) is 2.40. The molecular formula is C15H17NO2. The summed E-state index contributed by atoms with van der Waals surface area (Å²) in [4.78, 5) is 13.0. The van der Waals surface area contributed by atoms with Gasteiger partial charge in [0.2, 0.25) is 0 Å². The lowest BCUT2D eigenvalue weighted by molar-refractivity contribution is -0.142. The number of likely N-dealkylation sites (N-methyl/N-ethyl adjacent to an activating group) is 1. The highest BCUT2D eigenvalue weighted by Gasteiger charge is 2.20. The van der Waals surface area contributed by atoms with E-state index >= 15 is 0 Å². The Labute approximate surface area is 107 Å². The number of nitrogens with zero attached hydrogens (tertiary/aromatic N) is 1. The zero-order chi connectivity index (χ0) is 13.1. The molecule has 0 bridgehead atoms. The monoisotopic (exact) mass is 243 g/mol. The van der Waals surface area contributed by atoms with Crippen LogP contribution in [0.1, 0.15) is 5.56 Å². The number of hydrogen-bond donors (Lipinski definition) is 1. The molecule has 0 heterocycles. The van der Waals surface area contributed by atoms with Crippen molar-refractivity contribution in [3.05, 3.63) is 48.0 Å². The molecule has 0 saturated carbocycles. The van der Waals surface area contributed by atoms with Gasteiger partial charge in [-0.3, -0.25) is 9.69 Å². The molecule has 0 amide bonds. The van der Waals surface area contributed by atoms with Gasteiger partial charge in [-0.05, 0) is 36.9 Å². The summed E-state index contributed by atoms with van der Waals surface area (Å²) < 4.78 is 0. The van der Waals surface area contributed by atoms with Gasteiger partial charge in [-0.1, -0.05) is 42.5 Å². The van der Waals surface area contributed by atoms with Crippen molar-refractivity contribution in [2.24, 2.45) is 0 Å². The van der Waals surface area contributed by atoms with Gasteiger partial charge >= 0.3 is 5.97 Å². The van der Waals surface area contributed by atoms with Gasteiger partial charge in [0.05, 0.1) is 0 Å². The molecule has 2 rings (SSSR count). The van der Waals surface area contributed by atoms with Crippen molar-refractivity contribution >= 4 is 16.7 Å². The van der Waals surface area contributed by atoms with Crippen LogP contribution in [-0.4, -0.2) is 36.1 Å². The Kier molecular flexibility index (Phi) is 3.63. The van der Waals surface area contributed by atoms with Crippen molar-refractivity contribution in [2.75, 3.05) is 14.1 Å². The number of benzene rings is 2. The van der Waals surface area contributed by atoms with Crippen molar-refractivity contribution in [3.63, 3.8) is 0 Å². The molecule has 0 aliphatic heterocycles. The van der Waals surface area contributed by atoms with E-state index in [1.165, 1.54) is 0 Å². The summed E-state index contributed by atoms with van der Waals surface area (Å²) in [5, 5.41) is 11.5. The molecule has 94 valence electrons. The van der Waals surface area contributed by atoms with E-state index in [0.717, 1.165) is 16.3 Å². The largest absolute Gasteiger partial charge is 0.480 e. The molecule has 0 aromatic heterocycles. The fourth-order valence-electron chi connectivity index (χ4n) is 2.17. The van der Waals surface area contributed by atoms with Gasteiger partial charge < -0.3 is 5.11 Å². The molecule has 3 heteroatoms. The summed E-state index contributed by atoms with van der Waals surface area (Å²) in [6, 6.07) is 13.6. The number of hydrogen-bond acceptors (Lipinski definition) is 2. The predicted molar refractivity (Wildman–Crippen MR) is 72.8 cm³/mol. The molecule has 0 saturated heterocycles. The number of rotatable bonds is 4. The molecule has 0 radical (unpaired) electrons. The third kappa shape index (κ3) is 2.51. The van der Waals surface area contributed by atoms with Gasteiger partial charge in [-0.25, -0.2) is 0 Å². The molecule has 1 atom stereocenters. The minimum atomic E-state index is -0.784. The smallest absolute Gasteiger partial charge is 0.321 e. The van der Waals surface area contributed by atoms with Crippen LogP contribution in [0.15, 0.2) is 42.5 Å². The van der Waals surface area contributed by atoms with E-state index in [2.05, 4.69) is 0 Å². The second-order valence-corrected chi connectivity index (χ2v) is 4.66. The number of aliphatic carboxylic acids is 1. The van der Waals surface area contributed by atoms with Crippen molar-refractivity contribution in [1.82, 2.24) is 4.90 Å². The number of carbonyl (C=O) groups is 1. The Bertz CT molecular complexity index is 558. The molecule has 0 aliphatic rings. The fourth-order valence-corrected chi connectivity index (χ4v) is 2.17. The SMILES string of the molecule is CN(C)C(Cc1cccc2ccccc12)C(=O)O. The van der Waals surface area contributed by atoms with E-state index in [4.69, 9.17) is 0 Å². The molecule has 0 aliphatic carbocycles. The zero-order valence-corrected chi connectivity index (χ0v) is 10.6. The van der Waals surface area contributed by atoms with E-state index in [-0.39, 0.29) is 0 Å². The van der Waals surface area contributed by atoms with Crippen LogP contribution in [0, 0.1) is 0 Å². The highest BCUT2D eigenvalue weighted by Crippen LogP contribution is 2.20. The number of carboxylic acid groups (broad SMARTS) is 1. The second-order valence-electron chi connectivity index (χ2n) is 4.66.